The third kappa shape index (κ3) is 1.32. The summed E-state index contributed by atoms with van der Waals surface area (Å²) in [6.45, 7) is 0. The van der Waals surface area contributed by atoms with E-state index in [-0.39, 0.29) is 5.91 Å². The Balaban J connectivity index is 2.58. The first-order valence-corrected chi connectivity index (χ1v) is 5.65. The SMILES string of the molecule is N#CC1=C(S)NC(=O)[C@H](C#N)C12CCCC2. The molecule has 5 heteroatoms. The van der Waals surface area contributed by atoms with Crippen molar-refractivity contribution in [3.63, 3.8) is 0 Å². The van der Waals surface area contributed by atoms with Crippen molar-refractivity contribution in [2.75, 3.05) is 0 Å². The Hall–Kier alpha value is -1.46. The number of nitrogens with one attached hydrogen (secondary N) is 1. The van der Waals surface area contributed by atoms with Gasteiger partial charge in [0.1, 0.15) is 5.92 Å². The number of carbonyl (C=O) groups excluding carboxylic acids is 1. The van der Waals surface area contributed by atoms with E-state index in [4.69, 9.17) is 10.5 Å². The molecule has 0 radical (unpaired) electrons. The van der Waals surface area contributed by atoms with Gasteiger partial charge in [0.15, 0.2) is 0 Å². The Kier molecular flexibility index (Phi) is 2.65. The van der Waals surface area contributed by atoms with Crippen LogP contribution in [-0.4, -0.2) is 5.91 Å². The van der Waals surface area contributed by atoms with Gasteiger partial charge in [0.25, 0.3) is 0 Å². The van der Waals surface area contributed by atoms with Gasteiger partial charge in [-0.2, -0.15) is 10.5 Å². The van der Waals surface area contributed by atoms with Crippen molar-refractivity contribution < 1.29 is 4.79 Å². The number of nitrogens with zero attached hydrogens (tertiary/aromatic N) is 2. The topological polar surface area (TPSA) is 76.7 Å². The van der Waals surface area contributed by atoms with Crippen molar-refractivity contribution in [2.45, 2.75) is 25.7 Å². The number of carbonyl (C=O) groups is 1. The molecule has 1 heterocycles. The van der Waals surface area contributed by atoms with Gasteiger partial charge in [0, 0.05) is 5.41 Å². The van der Waals surface area contributed by atoms with E-state index in [1.165, 1.54) is 0 Å². The highest BCUT2D eigenvalue weighted by Crippen LogP contribution is 2.52. The lowest BCUT2D eigenvalue weighted by Crippen LogP contribution is -2.45. The molecule has 1 saturated carbocycles. The van der Waals surface area contributed by atoms with Gasteiger partial charge in [0.2, 0.25) is 5.91 Å². The van der Waals surface area contributed by atoms with Gasteiger partial charge in [-0.1, -0.05) is 12.8 Å². The summed E-state index contributed by atoms with van der Waals surface area (Å²) in [6.07, 6.45) is 3.37. The van der Waals surface area contributed by atoms with Gasteiger partial charge in [-0.05, 0) is 12.8 Å². The summed E-state index contributed by atoms with van der Waals surface area (Å²) in [7, 11) is 0. The third-order valence-electron chi connectivity index (χ3n) is 3.53. The lowest BCUT2D eigenvalue weighted by atomic mass is 9.67. The molecule has 1 amide bonds. The van der Waals surface area contributed by atoms with Crippen LogP contribution in [0.5, 0.6) is 0 Å². The van der Waals surface area contributed by atoms with E-state index >= 15 is 0 Å². The molecule has 4 nitrogen and oxygen atoms in total. The predicted molar refractivity (Wildman–Crippen MR) is 59.8 cm³/mol. The maximum atomic E-state index is 11.7. The molecule has 0 bridgehead atoms. The van der Waals surface area contributed by atoms with Gasteiger partial charge >= 0.3 is 0 Å². The Bertz CT molecular complexity index is 449. The minimum atomic E-state index is -0.749. The molecule has 1 aliphatic carbocycles. The molecule has 0 unspecified atom stereocenters. The first-order valence-electron chi connectivity index (χ1n) is 5.20. The van der Waals surface area contributed by atoms with Gasteiger partial charge in [-0.15, -0.1) is 12.6 Å². The molecular formula is C11H11N3OS. The number of thiol groups is 1. The van der Waals surface area contributed by atoms with Crippen LogP contribution in [-0.2, 0) is 4.79 Å². The number of rotatable bonds is 0. The summed E-state index contributed by atoms with van der Waals surface area (Å²) >= 11 is 4.14. The molecule has 1 aliphatic heterocycles. The lowest BCUT2D eigenvalue weighted by molar-refractivity contribution is -0.126. The van der Waals surface area contributed by atoms with Gasteiger partial charge in [0.05, 0.1) is 22.7 Å². The fourth-order valence-electron chi connectivity index (χ4n) is 2.77. The summed E-state index contributed by atoms with van der Waals surface area (Å²) in [5, 5.41) is 21.1. The molecule has 82 valence electrons. The molecule has 0 saturated heterocycles. The minimum Gasteiger partial charge on any atom is -0.319 e. The van der Waals surface area contributed by atoms with Crippen LogP contribution >= 0.6 is 12.6 Å². The van der Waals surface area contributed by atoms with Crippen LogP contribution in [0.1, 0.15) is 25.7 Å². The highest BCUT2D eigenvalue weighted by molar-refractivity contribution is 7.84. The zero-order valence-electron chi connectivity index (χ0n) is 8.66. The van der Waals surface area contributed by atoms with Crippen molar-refractivity contribution in [2.24, 2.45) is 11.3 Å². The average Bonchev–Trinajstić information content (AvgIpc) is 2.68. The Morgan fingerprint density at radius 2 is 2.00 bits per heavy atom. The standard InChI is InChI=1S/C11H11N3OS/c12-5-7-9(15)14-10(16)8(6-13)11(7)3-1-2-4-11/h7,16H,1-4H2,(H,14,15)/t7-/m0/s1. The van der Waals surface area contributed by atoms with Crippen LogP contribution < -0.4 is 5.32 Å². The third-order valence-corrected chi connectivity index (χ3v) is 3.86. The van der Waals surface area contributed by atoms with Crippen LogP contribution in [0.2, 0.25) is 0 Å². The maximum Gasteiger partial charge on any atom is 0.243 e. The zero-order chi connectivity index (χ0) is 11.8. The molecule has 2 rings (SSSR count). The number of amides is 1. The molecule has 0 aromatic rings. The normalized spacial score (nSPS) is 27.4. The molecule has 1 N–H and O–H groups in total. The van der Waals surface area contributed by atoms with E-state index in [2.05, 4.69) is 24.0 Å². The largest absolute Gasteiger partial charge is 0.319 e. The van der Waals surface area contributed by atoms with Gasteiger partial charge in [-0.3, -0.25) is 4.79 Å². The van der Waals surface area contributed by atoms with Crippen LogP contribution in [0, 0.1) is 34.0 Å². The number of allylic oxidation sites excluding steroid dienone is 1. The minimum absolute atomic E-state index is 0.320. The van der Waals surface area contributed by atoms with Crippen LogP contribution in [0.25, 0.3) is 0 Å². The molecular weight excluding hydrogens is 222 g/mol. The fourth-order valence-corrected chi connectivity index (χ4v) is 3.16. The smallest absolute Gasteiger partial charge is 0.243 e. The van der Waals surface area contributed by atoms with Gasteiger partial charge < -0.3 is 5.32 Å². The van der Waals surface area contributed by atoms with E-state index < -0.39 is 11.3 Å². The second-order valence-electron chi connectivity index (χ2n) is 4.25. The van der Waals surface area contributed by atoms with E-state index in [0.717, 1.165) is 25.7 Å². The molecule has 16 heavy (non-hydrogen) atoms. The van der Waals surface area contributed by atoms with E-state index in [1.807, 2.05) is 6.07 Å². The number of nitriles is 2. The van der Waals surface area contributed by atoms with Crippen LogP contribution in [0.4, 0.5) is 0 Å². The lowest BCUT2D eigenvalue weighted by Gasteiger charge is -2.36. The summed E-state index contributed by atoms with van der Waals surface area (Å²) in [6, 6.07) is 4.15. The first-order chi connectivity index (χ1) is 7.65. The molecule has 1 spiro atoms. The van der Waals surface area contributed by atoms with Crippen LogP contribution in [0.3, 0.4) is 0 Å². The summed E-state index contributed by atoms with van der Waals surface area (Å²) < 4.78 is 0. The Morgan fingerprint density at radius 1 is 1.38 bits per heavy atom. The second kappa shape index (κ2) is 3.84. The Morgan fingerprint density at radius 3 is 2.50 bits per heavy atom. The summed E-state index contributed by atoms with van der Waals surface area (Å²) in [5.74, 6) is -1.08. The Labute approximate surface area is 99.3 Å². The van der Waals surface area contributed by atoms with E-state index in [9.17, 15) is 4.79 Å². The highest BCUT2D eigenvalue weighted by Gasteiger charge is 2.51. The van der Waals surface area contributed by atoms with Crippen molar-refractivity contribution >= 4 is 18.5 Å². The summed E-state index contributed by atoms with van der Waals surface area (Å²) in [4.78, 5) is 11.7. The molecule has 1 fully saturated rings. The number of hydrogen-bond acceptors (Lipinski definition) is 4. The van der Waals surface area contributed by atoms with Crippen molar-refractivity contribution in [3.05, 3.63) is 10.6 Å². The summed E-state index contributed by atoms with van der Waals surface area (Å²) in [5.41, 5.74) is -0.109. The van der Waals surface area contributed by atoms with E-state index in [1.54, 1.807) is 0 Å². The second-order valence-corrected chi connectivity index (χ2v) is 4.70. The predicted octanol–water partition coefficient (Wildman–Crippen LogP) is 1.48. The zero-order valence-corrected chi connectivity index (χ0v) is 9.55. The first kappa shape index (κ1) is 11.0. The highest BCUT2D eigenvalue weighted by atomic mass is 32.1. The average molecular weight is 233 g/mol. The fraction of sp³-hybridized carbons (Fsp3) is 0.545. The van der Waals surface area contributed by atoms with Crippen molar-refractivity contribution in [1.82, 2.24) is 5.32 Å². The number of hydrogen-bond donors (Lipinski definition) is 2. The van der Waals surface area contributed by atoms with Crippen LogP contribution in [0.15, 0.2) is 10.6 Å². The molecule has 0 aromatic carbocycles. The van der Waals surface area contributed by atoms with Gasteiger partial charge in [-0.25, -0.2) is 0 Å². The van der Waals surface area contributed by atoms with E-state index in [0.29, 0.717) is 10.6 Å². The van der Waals surface area contributed by atoms with Crippen molar-refractivity contribution in [1.29, 1.82) is 10.5 Å². The quantitative estimate of drug-likeness (QED) is 0.622. The molecule has 1 atom stereocenters. The maximum absolute atomic E-state index is 11.7. The monoisotopic (exact) mass is 233 g/mol. The molecule has 0 aromatic heterocycles. The van der Waals surface area contributed by atoms with Crippen molar-refractivity contribution in [3.8, 4) is 12.1 Å². The molecule has 2 aliphatic rings.